The normalized spacial score (nSPS) is 16.1. The first kappa shape index (κ1) is 29.8. The Kier molecular flexibility index (Phi) is 11.6. The highest BCUT2D eigenvalue weighted by molar-refractivity contribution is 7.97. The quantitative estimate of drug-likeness (QED) is 0.154. The SMILES string of the molecule is CC(=O)O[P+](=O)OCCCCCCCC1Nc2cc(Cl)c(S(=O)(=O)NCc3ccccc3)cc2SN1C. The third kappa shape index (κ3) is 9.51. The predicted molar refractivity (Wildman–Crippen MR) is 146 cm³/mol. The molecule has 0 radical (unpaired) electrons. The van der Waals surface area contributed by atoms with E-state index in [2.05, 4.69) is 18.9 Å². The van der Waals surface area contributed by atoms with Crippen molar-refractivity contribution in [3.63, 3.8) is 0 Å². The van der Waals surface area contributed by atoms with E-state index in [9.17, 15) is 17.8 Å². The number of carbonyl (C=O) groups is 1. The average Bonchev–Trinajstić information content (AvgIpc) is 2.84. The van der Waals surface area contributed by atoms with Gasteiger partial charge >= 0.3 is 14.2 Å². The van der Waals surface area contributed by atoms with Gasteiger partial charge in [-0.1, -0.05) is 67.6 Å². The van der Waals surface area contributed by atoms with Crippen LogP contribution >= 0.6 is 31.8 Å². The van der Waals surface area contributed by atoms with Crippen LogP contribution in [0.15, 0.2) is 52.3 Å². The molecule has 37 heavy (non-hydrogen) atoms. The van der Waals surface area contributed by atoms with E-state index in [0.717, 1.165) is 54.7 Å². The van der Waals surface area contributed by atoms with Crippen molar-refractivity contribution in [3.05, 3.63) is 53.1 Å². The molecule has 202 valence electrons. The highest BCUT2D eigenvalue weighted by Gasteiger charge is 2.27. The number of halogens is 1. The maximum atomic E-state index is 12.9. The second kappa shape index (κ2) is 14.4. The Balaban J connectivity index is 1.45. The zero-order chi connectivity index (χ0) is 26.8. The molecule has 9 nitrogen and oxygen atoms in total. The van der Waals surface area contributed by atoms with Gasteiger partial charge in [0.2, 0.25) is 10.0 Å². The van der Waals surface area contributed by atoms with E-state index >= 15 is 0 Å². The van der Waals surface area contributed by atoms with Crippen molar-refractivity contribution in [2.75, 3.05) is 19.0 Å². The number of anilines is 1. The summed E-state index contributed by atoms with van der Waals surface area (Å²) in [6.07, 6.45) is 5.72. The molecule has 0 saturated carbocycles. The number of nitrogens with zero attached hydrogens (tertiary/aromatic N) is 1. The summed E-state index contributed by atoms with van der Waals surface area (Å²) in [6.45, 7) is 1.67. The predicted octanol–water partition coefficient (Wildman–Crippen LogP) is 6.09. The molecule has 1 aliphatic rings. The molecule has 0 bridgehead atoms. The Morgan fingerprint density at radius 1 is 1.16 bits per heavy atom. The number of nitrogens with one attached hydrogen (secondary N) is 2. The Morgan fingerprint density at radius 2 is 1.86 bits per heavy atom. The minimum Gasteiger partial charge on any atom is -0.368 e. The molecule has 2 unspecified atom stereocenters. The minimum absolute atomic E-state index is 0.0615. The molecule has 0 saturated heterocycles. The van der Waals surface area contributed by atoms with E-state index < -0.39 is 24.2 Å². The van der Waals surface area contributed by atoms with Crippen LogP contribution in [0, 0.1) is 0 Å². The Morgan fingerprint density at radius 3 is 2.59 bits per heavy atom. The van der Waals surface area contributed by atoms with Crippen LogP contribution in [0.25, 0.3) is 0 Å². The average molecular weight is 589 g/mol. The Labute approximate surface area is 228 Å². The lowest BCUT2D eigenvalue weighted by Crippen LogP contribution is -2.36. The van der Waals surface area contributed by atoms with Gasteiger partial charge in [0.1, 0.15) is 11.5 Å². The third-order valence-electron chi connectivity index (χ3n) is 5.66. The molecule has 2 aromatic carbocycles. The number of fused-ring (bicyclic) bond motifs is 1. The van der Waals surface area contributed by atoms with Gasteiger partial charge in [0.05, 0.1) is 16.9 Å². The summed E-state index contributed by atoms with van der Waals surface area (Å²) in [5.41, 5.74) is 1.68. The molecule has 2 atom stereocenters. The molecule has 2 aromatic rings. The highest BCUT2D eigenvalue weighted by atomic mass is 35.5. The maximum Gasteiger partial charge on any atom is 0.753 e. The van der Waals surface area contributed by atoms with Gasteiger partial charge in [-0.15, -0.1) is 4.52 Å². The fourth-order valence-corrected chi connectivity index (χ4v) is 6.93. The minimum atomic E-state index is -3.78. The summed E-state index contributed by atoms with van der Waals surface area (Å²) in [5.74, 6) is -0.619. The zero-order valence-electron chi connectivity index (χ0n) is 20.8. The molecule has 2 N–H and O–H groups in total. The number of benzene rings is 2. The highest BCUT2D eigenvalue weighted by Crippen LogP contribution is 2.41. The van der Waals surface area contributed by atoms with Crippen LogP contribution in [-0.4, -0.2) is 38.5 Å². The van der Waals surface area contributed by atoms with Crippen molar-refractivity contribution in [3.8, 4) is 0 Å². The first-order valence-electron chi connectivity index (χ1n) is 12.0. The molecule has 0 aromatic heterocycles. The van der Waals surface area contributed by atoms with Crippen LogP contribution in [-0.2, 0) is 35.0 Å². The van der Waals surface area contributed by atoms with E-state index in [1.807, 2.05) is 37.4 Å². The Bertz CT molecular complexity index is 1190. The van der Waals surface area contributed by atoms with Gasteiger partial charge in [-0.3, -0.25) is 0 Å². The number of hydrogen-bond acceptors (Lipinski definition) is 9. The molecule has 0 amide bonds. The molecule has 1 heterocycles. The summed E-state index contributed by atoms with van der Waals surface area (Å²) < 4.78 is 51.3. The lowest BCUT2D eigenvalue weighted by atomic mass is 10.1. The number of carbonyl (C=O) groups excluding carboxylic acids is 1. The zero-order valence-corrected chi connectivity index (χ0v) is 24.1. The lowest BCUT2D eigenvalue weighted by molar-refractivity contribution is -0.132. The summed E-state index contributed by atoms with van der Waals surface area (Å²) in [6, 6.07) is 12.6. The van der Waals surface area contributed by atoms with Gasteiger partial charge in [-0.05, 0) is 49.5 Å². The fourth-order valence-electron chi connectivity index (χ4n) is 3.76. The lowest BCUT2D eigenvalue weighted by Gasteiger charge is -2.35. The van der Waals surface area contributed by atoms with Gasteiger partial charge in [0, 0.05) is 22.9 Å². The number of sulfonamides is 1. The van der Waals surface area contributed by atoms with Crippen molar-refractivity contribution in [1.29, 1.82) is 0 Å². The summed E-state index contributed by atoms with van der Waals surface area (Å²) in [4.78, 5) is 11.6. The summed E-state index contributed by atoms with van der Waals surface area (Å²) >= 11 is 7.90. The molecule has 0 aliphatic carbocycles. The molecular weight excluding hydrogens is 557 g/mol. The number of hydrogen-bond donors (Lipinski definition) is 2. The van der Waals surface area contributed by atoms with Gasteiger partial charge < -0.3 is 5.32 Å². The number of unbranched alkanes of at least 4 members (excludes halogenated alkanes) is 4. The van der Waals surface area contributed by atoms with Crippen LogP contribution in [0.3, 0.4) is 0 Å². The van der Waals surface area contributed by atoms with E-state index in [0.29, 0.717) is 6.61 Å². The van der Waals surface area contributed by atoms with Crippen LogP contribution in [0.4, 0.5) is 5.69 Å². The molecule has 3 rings (SSSR count). The van der Waals surface area contributed by atoms with Gasteiger partial charge in [0.15, 0.2) is 0 Å². The molecule has 0 spiro atoms. The van der Waals surface area contributed by atoms with Crippen LogP contribution < -0.4 is 10.0 Å². The molecule has 13 heteroatoms. The smallest absolute Gasteiger partial charge is 0.368 e. The van der Waals surface area contributed by atoms with Crippen LogP contribution in [0.2, 0.25) is 5.02 Å². The first-order chi connectivity index (χ1) is 17.7. The second-order valence-corrected chi connectivity index (χ2v) is 12.8. The van der Waals surface area contributed by atoms with Crippen molar-refractivity contribution in [2.24, 2.45) is 0 Å². The molecular formula is C24H32ClN3O6PS2+. The van der Waals surface area contributed by atoms with Crippen molar-refractivity contribution >= 4 is 53.5 Å². The number of rotatable bonds is 14. The van der Waals surface area contributed by atoms with Gasteiger partial charge in [-0.25, -0.2) is 22.2 Å². The fraction of sp³-hybridized carbons (Fsp3) is 0.458. The van der Waals surface area contributed by atoms with Crippen LogP contribution in [0.1, 0.15) is 51.0 Å². The van der Waals surface area contributed by atoms with E-state index in [1.54, 1.807) is 12.1 Å². The van der Waals surface area contributed by atoms with E-state index in [1.165, 1.54) is 18.9 Å². The summed E-state index contributed by atoms with van der Waals surface area (Å²) in [5, 5.41) is 3.65. The second-order valence-electron chi connectivity index (χ2n) is 8.58. The van der Waals surface area contributed by atoms with Crippen molar-refractivity contribution in [2.45, 2.75) is 68.0 Å². The largest absolute Gasteiger partial charge is 0.753 e. The third-order valence-corrected chi connectivity index (χ3v) is 9.40. The monoisotopic (exact) mass is 588 g/mol. The topological polar surface area (TPSA) is 114 Å². The van der Waals surface area contributed by atoms with Gasteiger partial charge in [0.25, 0.3) is 0 Å². The van der Waals surface area contributed by atoms with Crippen LogP contribution in [0.5, 0.6) is 0 Å². The Hall–Kier alpha value is -1.72. The van der Waals surface area contributed by atoms with E-state index in [4.69, 9.17) is 16.1 Å². The molecule has 0 fully saturated rings. The van der Waals surface area contributed by atoms with Crippen molar-refractivity contribution in [1.82, 2.24) is 9.03 Å². The van der Waals surface area contributed by atoms with Crippen molar-refractivity contribution < 1.29 is 26.8 Å². The summed E-state index contributed by atoms with van der Waals surface area (Å²) in [7, 11) is -4.17. The molecule has 1 aliphatic heterocycles. The maximum absolute atomic E-state index is 12.9. The van der Waals surface area contributed by atoms with E-state index in [-0.39, 0.29) is 22.6 Å². The first-order valence-corrected chi connectivity index (χ1v) is 15.7. The standard InChI is InChI=1S/C24H32ClN3O6PS2/c1-18(29)34-35(30)33-14-10-5-3-4-9-13-24-27-21-15-20(25)23(16-22(21)36-28(24)2)37(31,32)26-17-19-11-7-6-8-12-19/h6-8,11-12,15-16,24,26-27H,3-5,9-10,13-14,17H2,1-2H3/q+1. The van der Waals surface area contributed by atoms with Gasteiger partial charge in [-0.2, -0.15) is 4.52 Å².